The predicted molar refractivity (Wildman–Crippen MR) is 55.1 cm³/mol. The van der Waals surface area contributed by atoms with Crippen molar-refractivity contribution in [3.63, 3.8) is 0 Å². The van der Waals surface area contributed by atoms with Gasteiger partial charge in [0.2, 0.25) is 5.91 Å². The molecule has 1 aliphatic rings. The van der Waals surface area contributed by atoms with Crippen LogP contribution >= 0.6 is 0 Å². The fraction of sp³-hybridized carbons (Fsp3) is 0.900. The summed E-state index contributed by atoms with van der Waals surface area (Å²) in [6.45, 7) is 6.16. The SMILES string of the molecule is COCC(C)NC1CCN(C(C)=O)C1. The van der Waals surface area contributed by atoms with Crippen LogP contribution in [0, 0.1) is 0 Å². The van der Waals surface area contributed by atoms with Gasteiger partial charge in [-0.15, -0.1) is 0 Å². The van der Waals surface area contributed by atoms with Crippen LogP contribution in [0.15, 0.2) is 0 Å². The molecule has 2 unspecified atom stereocenters. The number of amides is 1. The molecule has 1 saturated heterocycles. The lowest BCUT2D eigenvalue weighted by Crippen LogP contribution is -2.41. The lowest BCUT2D eigenvalue weighted by atomic mass is 10.2. The molecule has 1 fully saturated rings. The molecule has 0 aliphatic carbocycles. The summed E-state index contributed by atoms with van der Waals surface area (Å²) in [6.07, 6.45) is 1.05. The molecule has 1 heterocycles. The Hall–Kier alpha value is -0.610. The van der Waals surface area contributed by atoms with Gasteiger partial charge < -0.3 is 15.0 Å². The minimum absolute atomic E-state index is 0.175. The number of carbonyl (C=O) groups is 1. The van der Waals surface area contributed by atoms with E-state index < -0.39 is 0 Å². The first-order valence-corrected chi connectivity index (χ1v) is 5.14. The van der Waals surface area contributed by atoms with Crippen LogP contribution in [-0.2, 0) is 9.53 Å². The molecule has 2 atom stereocenters. The Morgan fingerprint density at radius 1 is 1.71 bits per heavy atom. The highest BCUT2D eigenvalue weighted by molar-refractivity contribution is 5.73. The molecule has 0 saturated carbocycles. The van der Waals surface area contributed by atoms with E-state index in [1.165, 1.54) is 0 Å². The summed E-state index contributed by atoms with van der Waals surface area (Å²) in [5.41, 5.74) is 0. The largest absolute Gasteiger partial charge is 0.383 e. The van der Waals surface area contributed by atoms with E-state index in [1.807, 2.05) is 4.90 Å². The molecule has 0 aromatic rings. The van der Waals surface area contributed by atoms with Crippen LogP contribution in [0.3, 0.4) is 0 Å². The zero-order valence-corrected chi connectivity index (χ0v) is 9.25. The summed E-state index contributed by atoms with van der Waals surface area (Å²) in [7, 11) is 1.70. The maximum absolute atomic E-state index is 11.1. The average molecular weight is 200 g/mol. The average Bonchev–Trinajstić information content (AvgIpc) is 2.53. The Bertz CT molecular complexity index is 197. The summed E-state index contributed by atoms with van der Waals surface area (Å²) in [4.78, 5) is 13.0. The maximum atomic E-state index is 11.1. The summed E-state index contributed by atoms with van der Waals surface area (Å²) in [6, 6.07) is 0.793. The highest BCUT2D eigenvalue weighted by atomic mass is 16.5. The van der Waals surface area contributed by atoms with Crippen molar-refractivity contribution in [2.75, 3.05) is 26.8 Å². The normalized spacial score (nSPS) is 23.9. The Labute approximate surface area is 85.6 Å². The van der Waals surface area contributed by atoms with Crippen molar-refractivity contribution >= 4 is 5.91 Å². The second-order valence-electron chi connectivity index (χ2n) is 3.97. The second kappa shape index (κ2) is 5.32. The highest BCUT2D eigenvalue weighted by Gasteiger charge is 2.24. The third-order valence-corrected chi connectivity index (χ3v) is 2.57. The Morgan fingerprint density at radius 2 is 2.43 bits per heavy atom. The molecule has 0 aromatic heterocycles. The molecule has 82 valence electrons. The third-order valence-electron chi connectivity index (χ3n) is 2.57. The summed E-state index contributed by atoms with van der Waals surface area (Å²) in [5.74, 6) is 0.175. The van der Waals surface area contributed by atoms with Gasteiger partial charge in [0.05, 0.1) is 6.61 Å². The molecule has 14 heavy (non-hydrogen) atoms. The molecule has 1 N–H and O–H groups in total. The predicted octanol–water partition coefficient (Wildman–Crippen LogP) is 0.232. The van der Waals surface area contributed by atoms with Gasteiger partial charge in [-0.1, -0.05) is 0 Å². The lowest BCUT2D eigenvalue weighted by molar-refractivity contribution is -0.127. The fourth-order valence-electron chi connectivity index (χ4n) is 1.88. The van der Waals surface area contributed by atoms with E-state index in [0.29, 0.717) is 12.1 Å². The van der Waals surface area contributed by atoms with Crippen LogP contribution in [0.2, 0.25) is 0 Å². The van der Waals surface area contributed by atoms with Gasteiger partial charge in [-0.3, -0.25) is 4.79 Å². The minimum Gasteiger partial charge on any atom is -0.383 e. The van der Waals surface area contributed by atoms with Crippen molar-refractivity contribution in [2.24, 2.45) is 0 Å². The Kier molecular flexibility index (Phi) is 4.35. The number of likely N-dealkylation sites (tertiary alicyclic amines) is 1. The number of nitrogens with zero attached hydrogens (tertiary/aromatic N) is 1. The van der Waals surface area contributed by atoms with Crippen molar-refractivity contribution in [2.45, 2.75) is 32.4 Å². The van der Waals surface area contributed by atoms with E-state index in [2.05, 4.69) is 12.2 Å². The minimum atomic E-state index is 0.175. The van der Waals surface area contributed by atoms with Crippen LogP contribution < -0.4 is 5.32 Å². The topological polar surface area (TPSA) is 41.6 Å². The van der Waals surface area contributed by atoms with Crippen molar-refractivity contribution in [1.82, 2.24) is 10.2 Å². The van der Waals surface area contributed by atoms with E-state index in [1.54, 1.807) is 14.0 Å². The van der Waals surface area contributed by atoms with Gasteiger partial charge in [0.15, 0.2) is 0 Å². The number of rotatable bonds is 4. The molecule has 1 amide bonds. The van der Waals surface area contributed by atoms with Gasteiger partial charge in [0.25, 0.3) is 0 Å². The number of hydrogen-bond donors (Lipinski definition) is 1. The van der Waals surface area contributed by atoms with Crippen molar-refractivity contribution in [3.8, 4) is 0 Å². The summed E-state index contributed by atoms with van der Waals surface area (Å²) in [5, 5.41) is 3.45. The molecule has 0 spiro atoms. The first-order chi connectivity index (χ1) is 6.63. The number of ether oxygens (including phenoxy) is 1. The van der Waals surface area contributed by atoms with E-state index >= 15 is 0 Å². The zero-order valence-electron chi connectivity index (χ0n) is 9.25. The first kappa shape index (κ1) is 11.5. The molecule has 1 rings (SSSR count). The second-order valence-corrected chi connectivity index (χ2v) is 3.97. The van der Waals surface area contributed by atoms with Crippen LogP contribution in [-0.4, -0.2) is 49.7 Å². The Balaban J connectivity index is 2.25. The molecule has 0 aromatic carbocycles. The molecule has 0 radical (unpaired) electrons. The molecule has 4 heteroatoms. The monoisotopic (exact) mass is 200 g/mol. The van der Waals surface area contributed by atoms with E-state index in [9.17, 15) is 4.79 Å². The molecule has 1 aliphatic heterocycles. The van der Waals surface area contributed by atoms with Crippen LogP contribution in [0.5, 0.6) is 0 Å². The number of methoxy groups -OCH3 is 1. The number of nitrogens with one attached hydrogen (secondary N) is 1. The molecular weight excluding hydrogens is 180 g/mol. The van der Waals surface area contributed by atoms with Crippen LogP contribution in [0.4, 0.5) is 0 Å². The van der Waals surface area contributed by atoms with Crippen molar-refractivity contribution < 1.29 is 9.53 Å². The molecule has 4 nitrogen and oxygen atoms in total. The van der Waals surface area contributed by atoms with Crippen molar-refractivity contribution in [1.29, 1.82) is 0 Å². The lowest BCUT2D eigenvalue weighted by Gasteiger charge is -2.19. The van der Waals surface area contributed by atoms with Crippen LogP contribution in [0.25, 0.3) is 0 Å². The van der Waals surface area contributed by atoms with Crippen molar-refractivity contribution in [3.05, 3.63) is 0 Å². The number of carbonyl (C=O) groups excluding carboxylic acids is 1. The van der Waals surface area contributed by atoms with Gasteiger partial charge in [-0.25, -0.2) is 0 Å². The fourth-order valence-corrected chi connectivity index (χ4v) is 1.88. The van der Waals surface area contributed by atoms with Gasteiger partial charge in [0, 0.05) is 39.2 Å². The maximum Gasteiger partial charge on any atom is 0.219 e. The first-order valence-electron chi connectivity index (χ1n) is 5.14. The van der Waals surface area contributed by atoms with E-state index in [0.717, 1.165) is 26.1 Å². The van der Waals surface area contributed by atoms with Gasteiger partial charge in [-0.05, 0) is 13.3 Å². The zero-order chi connectivity index (χ0) is 10.6. The van der Waals surface area contributed by atoms with Gasteiger partial charge in [0.1, 0.15) is 0 Å². The van der Waals surface area contributed by atoms with Crippen LogP contribution in [0.1, 0.15) is 20.3 Å². The van der Waals surface area contributed by atoms with E-state index in [-0.39, 0.29) is 5.91 Å². The smallest absolute Gasteiger partial charge is 0.219 e. The summed E-state index contributed by atoms with van der Waals surface area (Å²) < 4.78 is 5.05. The highest BCUT2D eigenvalue weighted by Crippen LogP contribution is 2.09. The quantitative estimate of drug-likeness (QED) is 0.706. The van der Waals surface area contributed by atoms with Gasteiger partial charge in [-0.2, -0.15) is 0 Å². The van der Waals surface area contributed by atoms with Gasteiger partial charge >= 0.3 is 0 Å². The summed E-state index contributed by atoms with van der Waals surface area (Å²) >= 11 is 0. The molecular formula is C10H20N2O2. The standard InChI is InChI=1S/C10H20N2O2/c1-8(7-14-3)11-10-4-5-12(6-10)9(2)13/h8,10-11H,4-7H2,1-3H3. The third kappa shape index (κ3) is 3.27. The number of hydrogen-bond acceptors (Lipinski definition) is 3. The molecule has 0 bridgehead atoms. The Morgan fingerprint density at radius 3 is 2.93 bits per heavy atom. The van der Waals surface area contributed by atoms with E-state index in [4.69, 9.17) is 4.74 Å².